The van der Waals surface area contributed by atoms with Gasteiger partial charge in [0.25, 0.3) is 0 Å². The molecule has 0 aliphatic heterocycles. The smallest absolute Gasteiger partial charge is 0.329 e. The summed E-state index contributed by atoms with van der Waals surface area (Å²) in [6, 6.07) is 4.92. The Morgan fingerprint density at radius 3 is 2.70 bits per heavy atom. The van der Waals surface area contributed by atoms with Crippen LogP contribution in [0.2, 0.25) is 5.02 Å². The fraction of sp³-hybridized carbons (Fsp3) is 0.429. The van der Waals surface area contributed by atoms with Gasteiger partial charge in [0.05, 0.1) is 24.0 Å². The van der Waals surface area contributed by atoms with Gasteiger partial charge in [0.2, 0.25) is 0 Å². The normalized spacial score (nSPS) is 12.9. The van der Waals surface area contributed by atoms with Crippen molar-refractivity contribution < 1.29 is 9.53 Å². The van der Waals surface area contributed by atoms with E-state index in [0.29, 0.717) is 10.8 Å². The van der Waals surface area contributed by atoms with Gasteiger partial charge in [-0.05, 0) is 24.1 Å². The quantitative estimate of drug-likeness (QED) is 0.637. The second kappa shape index (κ2) is 6.02. The van der Waals surface area contributed by atoms with Gasteiger partial charge in [-0.3, -0.25) is 0 Å². The molecule has 2 aromatic rings. The third-order valence-corrected chi connectivity index (χ3v) is 3.67. The maximum Gasteiger partial charge on any atom is 0.329 e. The summed E-state index contributed by atoms with van der Waals surface area (Å²) in [7, 11) is 1.38. The van der Waals surface area contributed by atoms with Crippen LogP contribution in [-0.2, 0) is 15.4 Å². The first-order valence-corrected chi connectivity index (χ1v) is 7.21. The molecule has 4 nitrogen and oxygen atoms in total. The van der Waals surface area contributed by atoms with Crippen molar-refractivity contribution in [1.29, 1.82) is 0 Å². The van der Waals surface area contributed by atoms with E-state index in [2.05, 4.69) is 4.98 Å². The number of alkyl halides is 1. The average molecular weight is 315 g/mol. The topological polar surface area (TPSA) is 44.1 Å². The van der Waals surface area contributed by atoms with Crippen LogP contribution in [0.1, 0.15) is 25.7 Å². The molecule has 20 heavy (non-hydrogen) atoms. The van der Waals surface area contributed by atoms with Gasteiger partial charge >= 0.3 is 5.97 Å². The number of esters is 1. The summed E-state index contributed by atoms with van der Waals surface area (Å²) in [4.78, 5) is 16.5. The highest BCUT2D eigenvalue weighted by Gasteiger charge is 2.29. The third kappa shape index (κ3) is 2.63. The van der Waals surface area contributed by atoms with Gasteiger partial charge in [-0.2, -0.15) is 0 Å². The number of benzene rings is 1. The molecule has 6 heteroatoms. The van der Waals surface area contributed by atoms with Crippen molar-refractivity contribution in [2.75, 3.05) is 7.11 Å². The molecule has 2 rings (SSSR count). The lowest BCUT2D eigenvalue weighted by atomic mass is 10.0. The summed E-state index contributed by atoms with van der Waals surface area (Å²) < 4.78 is 6.76. The van der Waals surface area contributed by atoms with Crippen LogP contribution >= 0.6 is 23.2 Å². The minimum absolute atomic E-state index is 0.0532. The minimum Gasteiger partial charge on any atom is -0.467 e. The van der Waals surface area contributed by atoms with Crippen LogP contribution in [-0.4, -0.2) is 22.6 Å². The zero-order chi connectivity index (χ0) is 14.9. The number of fused-ring (bicyclic) bond motifs is 1. The number of halogens is 2. The predicted molar refractivity (Wildman–Crippen MR) is 80.2 cm³/mol. The molecule has 0 radical (unpaired) electrons. The summed E-state index contributed by atoms with van der Waals surface area (Å²) in [5, 5.41) is 0.599. The van der Waals surface area contributed by atoms with Crippen LogP contribution in [0.5, 0.6) is 0 Å². The number of ether oxygens (including phenoxy) is 1. The predicted octanol–water partition coefficient (Wildman–Crippen LogP) is 3.80. The Balaban J connectivity index is 2.69. The van der Waals surface area contributed by atoms with Gasteiger partial charge in [-0.25, -0.2) is 9.78 Å². The number of imidazole rings is 1. The Bertz CT molecular complexity index is 637. The first-order chi connectivity index (χ1) is 9.49. The van der Waals surface area contributed by atoms with Crippen molar-refractivity contribution >= 4 is 40.2 Å². The van der Waals surface area contributed by atoms with Crippen LogP contribution in [0.4, 0.5) is 0 Å². The molecule has 0 aliphatic carbocycles. The Morgan fingerprint density at radius 2 is 2.15 bits per heavy atom. The van der Waals surface area contributed by atoms with Crippen molar-refractivity contribution in [3.63, 3.8) is 0 Å². The van der Waals surface area contributed by atoms with Crippen LogP contribution < -0.4 is 0 Å². The molecular weight excluding hydrogens is 299 g/mol. The van der Waals surface area contributed by atoms with E-state index >= 15 is 0 Å². The van der Waals surface area contributed by atoms with Crippen LogP contribution in [0, 0.1) is 5.92 Å². The van der Waals surface area contributed by atoms with Crippen molar-refractivity contribution in [3.05, 3.63) is 29.0 Å². The van der Waals surface area contributed by atoms with Crippen molar-refractivity contribution in [3.8, 4) is 0 Å². The second-order valence-corrected chi connectivity index (χ2v) is 5.58. The lowest BCUT2D eigenvalue weighted by molar-refractivity contribution is -0.145. The average Bonchev–Trinajstić information content (AvgIpc) is 2.76. The lowest BCUT2D eigenvalue weighted by Crippen LogP contribution is -2.27. The zero-order valence-electron chi connectivity index (χ0n) is 11.6. The van der Waals surface area contributed by atoms with E-state index in [9.17, 15) is 4.79 Å². The van der Waals surface area contributed by atoms with Gasteiger partial charge < -0.3 is 9.30 Å². The molecule has 1 atom stereocenters. The molecule has 0 bridgehead atoms. The van der Waals surface area contributed by atoms with E-state index in [1.165, 1.54) is 7.11 Å². The van der Waals surface area contributed by atoms with E-state index in [1.54, 1.807) is 12.1 Å². The van der Waals surface area contributed by atoms with Gasteiger partial charge in [0.15, 0.2) is 0 Å². The summed E-state index contributed by atoms with van der Waals surface area (Å²) in [5.74, 6) is 0.595. The highest BCUT2D eigenvalue weighted by molar-refractivity contribution is 6.31. The fourth-order valence-electron chi connectivity index (χ4n) is 2.32. The van der Waals surface area contributed by atoms with Crippen LogP contribution in [0.15, 0.2) is 18.2 Å². The number of rotatable bonds is 4. The summed E-state index contributed by atoms with van der Waals surface area (Å²) in [5.41, 5.74) is 1.55. The summed E-state index contributed by atoms with van der Waals surface area (Å²) >= 11 is 12.0. The number of hydrogen-bond donors (Lipinski definition) is 0. The van der Waals surface area contributed by atoms with E-state index in [0.717, 1.165) is 11.0 Å². The zero-order valence-corrected chi connectivity index (χ0v) is 13.1. The summed E-state index contributed by atoms with van der Waals surface area (Å²) in [6.07, 6.45) is 0. The molecule has 0 aliphatic rings. The van der Waals surface area contributed by atoms with Crippen LogP contribution in [0.25, 0.3) is 11.0 Å². The molecule has 1 unspecified atom stereocenters. The van der Waals surface area contributed by atoms with Crippen LogP contribution in [0.3, 0.4) is 0 Å². The van der Waals surface area contributed by atoms with Gasteiger partial charge in [-0.1, -0.05) is 25.4 Å². The van der Waals surface area contributed by atoms with Crippen molar-refractivity contribution in [2.24, 2.45) is 5.92 Å². The van der Waals surface area contributed by atoms with E-state index in [1.807, 2.05) is 24.5 Å². The SMILES string of the molecule is COC(=O)C(C(C)C)n1c(CCl)nc2cc(Cl)ccc21. The van der Waals surface area contributed by atoms with Crippen molar-refractivity contribution in [2.45, 2.75) is 25.8 Å². The number of aromatic nitrogens is 2. The molecule has 1 aromatic carbocycles. The maximum atomic E-state index is 12.1. The van der Waals surface area contributed by atoms with E-state index in [4.69, 9.17) is 27.9 Å². The number of carbonyl (C=O) groups is 1. The van der Waals surface area contributed by atoms with E-state index < -0.39 is 6.04 Å². The van der Waals surface area contributed by atoms with Gasteiger partial charge in [-0.15, -0.1) is 11.6 Å². The number of carbonyl (C=O) groups excluding carboxylic acids is 1. The number of nitrogens with zero attached hydrogens (tertiary/aromatic N) is 2. The molecule has 1 aromatic heterocycles. The largest absolute Gasteiger partial charge is 0.467 e. The molecule has 0 spiro atoms. The standard InChI is InChI=1S/C14H16Cl2N2O2/c1-8(2)13(14(19)20-3)18-11-5-4-9(16)6-10(11)17-12(18)7-15/h4-6,8,13H,7H2,1-3H3. The molecule has 1 heterocycles. The molecular formula is C14H16Cl2N2O2. The molecule has 0 fully saturated rings. The number of methoxy groups -OCH3 is 1. The highest BCUT2D eigenvalue weighted by atomic mass is 35.5. The van der Waals surface area contributed by atoms with Gasteiger partial charge in [0, 0.05) is 5.02 Å². The summed E-state index contributed by atoms with van der Waals surface area (Å²) in [6.45, 7) is 3.92. The van der Waals surface area contributed by atoms with Gasteiger partial charge in [0.1, 0.15) is 11.9 Å². The maximum absolute atomic E-state index is 12.1. The first-order valence-electron chi connectivity index (χ1n) is 6.29. The van der Waals surface area contributed by atoms with Crippen molar-refractivity contribution in [1.82, 2.24) is 9.55 Å². The minimum atomic E-state index is -0.458. The number of hydrogen-bond acceptors (Lipinski definition) is 3. The molecule has 108 valence electrons. The monoisotopic (exact) mass is 314 g/mol. The molecule has 0 saturated heterocycles. The van der Waals surface area contributed by atoms with E-state index in [-0.39, 0.29) is 17.8 Å². The fourth-order valence-corrected chi connectivity index (χ4v) is 2.68. The Kier molecular flexibility index (Phi) is 4.55. The Morgan fingerprint density at radius 1 is 1.45 bits per heavy atom. The molecule has 0 amide bonds. The highest BCUT2D eigenvalue weighted by Crippen LogP contribution is 2.29. The second-order valence-electron chi connectivity index (χ2n) is 4.88. The third-order valence-electron chi connectivity index (χ3n) is 3.20. The Labute approximate surface area is 127 Å². The molecule has 0 saturated carbocycles. The Hall–Kier alpha value is -1.26. The molecule has 0 N–H and O–H groups in total. The first kappa shape index (κ1) is 15.1. The lowest BCUT2D eigenvalue weighted by Gasteiger charge is -2.22.